The van der Waals surface area contributed by atoms with E-state index in [1.165, 1.54) is 15.6 Å². The van der Waals surface area contributed by atoms with E-state index in [0.29, 0.717) is 23.9 Å². The number of hydrogen-bond donors (Lipinski definition) is 2. The molecule has 1 aliphatic heterocycles. The third-order valence-corrected chi connectivity index (χ3v) is 6.28. The van der Waals surface area contributed by atoms with Gasteiger partial charge in [0, 0.05) is 24.4 Å². The van der Waals surface area contributed by atoms with Crippen LogP contribution in [0.5, 0.6) is 0 Å². The van der Waals surface area contributed by atoms with Crippen LogP contribution in [-0.2, 0) is 15.0 Å². The largest absolute Gasteiger partial charge is 0.481 e. The van der Waals surface area contributed by atoms with Gasteiger partial charge in [0.15, 0.2) is 5.13 Å². The van der Waals surface area contributed by atoms with Crippen LogP contribution < -0.4 is 4.72 Å². The Bertz CT molecular complexity index is 631. The predicted molar refractivity (Wildman–Crippen MR) is 78.6 cm³/mol. The molecule has 0 atom stereocenters. The predicted octanol–water partition coefficient (Wildman–Crippen LogP) is 1.47. The van der Waals surface area contributed by atoms with Gasteiger partial charge < -0.3 is 5.11 Å². The SMILES string of the molecule is O=C(O)C1CCN(S(=O)(=O)Nc2nc(C3CC3)cs2)CC1. The minimum Gasteiger partial charge on any atom is -0.481 e. The fourth-order valence-corrected chi connectivity index (χ4v) is 4.65. The fourth-order valence-electron chi connectivity index (χ4n) is 2.42. The highest BCUT2D eigenvalue weighted by atomic mass is 32.2. The van der Waals surface area contributed by atoms with Gasteiger partial charge in [0.05, 0.1) is 11.6 Å². The molecule has 1 aromatic rings. The van der Waals surface area contributed by atoms with Gasteiger partial charge in [-0.05, 0) is 25.7 Å². The van der Waals surface area contributed by atoms with Crippen LogP contribution in [0.15, 0.2) is 5.38 Å². The lowest BCUT2D eigenvalue weighted by Gasteiger charge is -2.28. The Hall–Kier alpha value is -1.19. The van der Waals surface area contributed by atoms with Crippen LogP contribution in [0.3, 0.4) is 0 Å². The molecule has 21 heavy (non-hydrogen) atoms. The van der Waals surface area contributed by atoms with Gasteiger partial charge in [-0.25, -0.2) is 9.71 Å². The van der Waals surface area contributed by atoms with Gasteiger partial charge in [0.2, 0.25) is 0 Å². The standard InChI is InChI=1S/C12H17N3O4S2/c16-11(17)9-3-5-15(6-4-9)21(18,19)14-12-13-10(7-20-12)8-1-2-8/h7-9H,1-6H2,(H,13,14)(H,16,17). The van der Waals surface area contributed by atoms with Crippen molar-refractivity contribution in [2.45, 2.75) is 31.6 Å². The molecule has 0 radical (unpaired) electrons. The summed E-state index contributed by atoms with van der Waals surface area (Å²) >= 11 is 1.29. The zero-order chi connectivity index (χ0) is 15.0. The summed E-state index contributed by atoms with van der Waals surface area (Å²) in [6.07, 6.45) is 2.94. The average Bonchev–Trinajstić information content (AvgIpc) is 3.20. The molecule has 2 heterocycles. The van der Waals surface area contributed by atoms with Crippen molar-refractivity contribution in [3.05, 3.63) is 11.1 Å². The summed E-state index contributed by atoms with van der Waals surface area (Å²) in [5.74, 6) is -0.808. The van der Waals surface area contributed by atoms with E-state index < -0.39 is 22.1 Å². The van der Waals surface area contributed by atoms with Gasteiger partial charge in [0.1, 0.15) is 0 Å². The van der Waals surface area contributed by atoms with Crippen LogP contribution in [0.25, 0.3) is 0 Å². The maximum Gasteiger partial charge on any atom is 0.306 e. The van der Waals surface area contributed by atoms with E-state index in [2.05, 4.69) is 9.71 Å². The Labute approximate surface area is 127 Å². The highest BCUT2D eigenvalue weighted by Crippen LogP contribution is 2.41. The first kappa shape index (κ1) is 14.7. The van der Waals surface area contributed by atoms with Gasteiger partial charge in [-0.15, -0.1) is 11.3 Å². The van der Waals surface area contributed by atoms with Gasteiger partial charge in [-0.2, -0.15) is 12.7 Å². The number of carbonyl (C=O) groups is 1. The molecule has 116 valence electrons. The first-order valence-corrected chi connectivity index (χ1v) is 9.24. The van der Waals surface area contributed by atoms with Crippen LogP contribution in [0, 0.1) is 5.92 Å². The molecule has 0 unspecified atom stereocenters. The Balaban J connectivity index is 1.62. The normalized spacial score (nSPS) is 21.3. The topological polar surface area (TPSA) is 99.6 Å². The van der Waals surface area contributed by atoms with Crippen molar-refractivity contribution in [1.82, 2.24) is 9.29 Å². The minimum absolute atomic E-state index is 0.229. The Kier molecular flexibility index (Phi) is 3.89. The van der Waals surface area contributed by atoms with Gasteiger partial charge in [-0.3, -0.25) is 4.79 Å². The molecule has 2 aliphatic rings. The number of nitrogens with one attached hydrogen (secondary N) is 1. The number of carboxylic acids is 1. The van der Waals surface area contributed by atoms with Crippen molar-refractivity contribution in [1.29, 1.82) is 0 Å². The van der Waals surface area contributed by atoms with Crippen molar-refractivity contribution < 1.29 is 18.3 Å². The molecular weight excluding hydrogens is 314 g/mol. The van der Waals surface area contributed by atoms with E-state index in [9.17, 15) is 13.2 Å². The molecule has 1 aliphatic carbocycles. The monoisotopic (exact) mass is 331 g/mol. The molecule has 0 spiro atoms. The summed E-state index contributed by atoms with van der Waals surface area (Å²) < 4.78 is 28.3. The number of aromatic nitrogens is 1. The lowest BCUT2D eigenvalue weighted by molar-refractivity contribution is -0.142. The maximum absolute atomic E-state index is 12.3. The summed E-state index contributed by atoms with van der Waals surface area (Å²) in [4.78, 5) is 15.2. The minimum atomic E-state index is -3.64. The molecule has 0 amide bonds. The van der Waals surface area contributed by atoms with Crippen molar-refractivity contribution in [2.24, 2.45) is 5.92 Å². The lowest BCUT2D eigenvalue weighted by atomic mass is 9.99. The highest BCUT2D eigenvalue weighted by Gasteiger charge is 2.32. The number of aliphatic carboxylic acids is 1. The van der Waals surface area contributed by atoms with E-state index in [0.717, 1.165) is 18.5 Å². The van der Waals surface area contributed by atoms with Crippen LogP contribution in [0.2, 0.25) is 0 Å². The average molecular weight is 331 g/mol. The molecule has 0 aromatic carbocycles. The van der Waals surface area contributed by atoms with E-state index in [1.54, 1.807) is 0 Å². The van der Waals surface area contributed by atoms with Crippen molar-refractivity contribution in [2.75, 3.05) is 17.8 Å². The van der Waals surface area contributed by atoms with Crippen molar-refractivity contribution in [3.8, 4) is 0 Å². The number of rotatable bonds is 5. The quantitative estimate of drug-likeness (QED) is 0.851. The Morgan fingerprint density at radius 1 is 1.33 bits per heavy atom. The lowest BCUT2D eigenvalue weighted by Crippen LogP contribution is -2.42. The molecule has 9 heteroatoms. The van der Waals surface area contributed by atoms with Gasteiger partial charge in [0.25, 0.3) is 0 Å². The zero-order valence-corrected chi connectivity index (χ0v) is 13.0. The molecule has 1 saturated carbocycles. The molecule has 1 aromatic heterocycles. The highest BCUT2D eigenvalue weighted by molar-refractivity contribution is 7.90. The molecule has 2 fully saturated rings. The number of piperidine rings is 1. The summed E-state index contributed by atoms with van der Waals surface area (Å²) in [7, 11) is -3.64. The summed E-state index contributed by atoms with van der Waals surface area (Å²) in [6.45, 7) is 0.459. The van der Waals surface area contributed by atoms with E-state index in [1.807, 2.05) is 5.38 Å². The fraction of sp³-hybridized carbons (Fsp3) is 0.667. The van der Waals surface area contributed by atoms with Crippen LogP contribution in [-0.4, -0.2) is 41.9 Å². The summed E-state index contributed by atoms with van der Waals surface area (Å²) in [6, 6.07) is 0. The van der Waals surface area contributed by atoms with Crippen molar-refractivity contribution >= 4 is 32.6 Å². The smallest absolute Gasteiger partial charge is 0.306 e. The molecule has 1 saturated heterocycles. The van der Waals surface area contributed by atoms with Crippen LogP contribution in [0.1, 0.15) is 37.3 Å². The third-order valence-electron chi connectivity index (χ3n) is 3.88. The third kappa shape index (κ3) is 3.35. The first-order valence-electron chi connectivity index (χ1n) is 6.92. The van der Waals surface area contributed by atoms with E-state index >= 15 is 0 Å². The summed E-state index contributed by atoms with van der Waals surface area (Å²) in [5, 5.41) is 11.2. The summed E-state index contributed by atoms with van der Waals surface area (Å²) in [5.41, 5.74) is 0.960. The van der Waals surface area contributed by atoms with Crippen molar-refractivity contribution in [3.63, 3.8) is 0 Å². The van der Waals surface area contributed by atoms with E-state index in [4.69, 9.17) is 5.11 Å². The maximum atomic E-state index is 12.3. The second-order valence-corrected chi connectivity index (χ2v) is 8.00. The molecule has 3 rings (SSSR count). The second kappa shape index (κ2) is 5.54. The number of carboxylic acid groups (broad SMARTS) is 1. The molecule has 7 nitrogen and oxygen atoms in total. The van der Waals surface area contributed by atoms with E-state index in [-0.39, 0.29) is 13.1 Å². The number of nitrogens with zero attached hydrogens (tertiary/aromatic N) is 2. The Morgan fingerprint density at radius 3 is 2.57 bits per heavy atom. The zero-order valence-electron chi connectivity index (χ0n) is 11.4. The number of anilines is 1. The van der Waals surface area contributed by atoms with Crippen LogP contribution in [0.4, 0.5) is 5.13 Å². The van der Waals surface area contributed by atoms with Gasteiger partial charge in [-0.1, -0.05) is 0 Å². The number of hydrogen-bond acceptors (Lipinski definition) is 5. The molecule has 2 N–H and O–H groups in total. The Morgan fingerprint density at radius 2 is 2.00 bits per heavy atom. The first-order chi connectivity index (χ1) is 9.95. The van der Waals surface area contributed by atoms with Gasteiger partial charge >= 0.3 is 16.2 Å². The van der Waals surface area contributed by atoms with Crippen LogP contribution >= 0.6 is 11.3 Å². The molecular formula is C12H17N3O4S2. The number of thiazole rings is 1. The molecule has 0 bridgehead atoms. The second-order valence-electron chi connectivity index (χ2n) is 5.47.